The van der Waals surface area contributed by atoms with Crippen molar-refractivity contribution < 1.29 is 4.79 Å². The van der Waals surface area contributed by atoms with Crippen LogP contribution in [0.3, 0.4) is 0 Å². The summed E-state index contributed by atoms with van der Waals surface area (Å²) in [6.07, 6.45) is 3.46. The number of likely N-dealkylation sites (tertiary alicyclic amines) is 1. The van der Waals surface area contributed by atoms with Crippen LogP contribution in [0.25, 0.3) is 0 Å². The predicted molar refractivity (Wildman–Crippen MR) is 81.6 cm³/mol. The molecule has 17 heavy (non-hydrogen) atoms. The summed E-state index contributed by atoms with van der Waals surface area (Å²) in [7, 11) is 0. The van der Waals surface area contributed by atoms with Crippen LogP contribution in [-0.4, -0.2) is 28.7 Å². The van der Waals surface area contributed by atoms with Gasteiger partial charge in [-0.05, 0) is 60.1 Å². The zero-order valence-corrected chi connectivity index (χ0v) is 13.3. The summed E-state index contributed by atoms with van der Waals surface area (Å²) in [5.41, 5.74) is 0.810. The van der Waals surface area contributed by atoms with Crippen molar-refractivity contribution in [3.05, 3.63) is 33.4 Å². The molecule has 1 aliphatic rings. The Morgan fingerprint density at radius 1 is 1.47 bits per heavy atom. The van der Waals surface area contributed by atoms with Gasteiger partial charge in [-0.2, -0.15) is 0 Å². The molecule has 1 fully saturated rings. The highest BCUT2D eigenvalue weighted by Gasteiger charge is 2.26. The lowest BCUT2D eigenvalue weighted by atomic mass is 10.0. The highest BCUT2D eigenvalue weighted by atomic mass is 127. The van der Waals surface area contributed by atoms with Gasteiger partial charge >= 0.3 is 0 Å². The molecule has 2 nitrogen and oxygen atoms in total. The number of piperidine rings is 1. The fourth-order valence-electron chi connectivity index (χ4n) is 2.22. The molecule has 92 valence electrons. The van der Waals surface area contributed by atoms with E-state index in [9.17, 15) is 4.79 Å². The first kappa shape index (κ1) is 13.3. The van der Waals surface area contributed by atoms with Crippen molar-refractivity contribution in [3.63, 3.8) is 0 Å². The molecule has 1 atom stereocenters. The van der Waals surface area contributed by atoms with E-state index >= 15 is 0 Å². The molecular weight excluding hydrogens is 393 g/mol. The summed E-state index contributed by atoms with van der Waals surface area (Å²) in [4.78, 5) is 14.4. The first-order valence-corrected chi connectivity index (χ1v) is 8.05. The molecule has 1 aromatic carbocycles. The van der Waals surface area contributed by atoms with Crippen LogP contribution >= 0.6 is 38.5 Å². The molecule has 4 heteroatoms. The normalized spacial score (nSPS) is 20.4. The van der Waals surface area contributed by atoms with Gasteiger partial charge in [0.05, 0.1) is 0 Å². The number of hydrogen-bond acceptors (Lipinski definition) is 1. The zero-order valence-electron chi connectivity index (χ0n) is 9.53. The highest BCUT2D eigenvalue weighted by Crippen LogP contribution is 2.21. The summed E-state index contributed by atoms with van der Waals surface area (Å²) >= 11 is 5.76. The molecule has 1 aromatic rings. The molecule has 0 bridgehead atoms. The van der Waals surface area contributed by atoms with Crippen molar-refractivity contribution in [2.75, 3.05) is 11.9 Å². The van der Waals surface area contributed by atoms with E-state index in [2.05, 4.69) is 38.5 Å². The average Bonchev–Trinajstić information content (AvgIpc) is 2.38. The number of carbonyl (C=O) groups is 1. The molecule has 0 aliphatic carbocycles. The largest absolute Gasteiger partial charge is 0.335 e. The standard InChI is InChI=1S/C13H15BrINO/c14-9-12-6-1-2-7-16(12)13(17)10-4-3-5-11(15)8-10/h3-5,8,12H,1-2,6-7,9H2. The van der Waals surface area contributed by atoms with Crippen molar-refractivity contribution in [1.82, 2.24) is 4.90 Å². The molecule has 0 radical (unpaired) electrons. The van der Waals surface area contributed by atoms with Crippen LogP contribution in [0.2, 0.25) is 0 Å². The van der Waals surface area contributed by atoms with Crippen molar-refractivity contribution in [1.29, 1.82) is 0 Å². The van der Waals surface area contributed by atoms with E-state index in [0.717, 1.165) is 33.9 Å². The van der Waals surface area contributed by atoms with Gasteiger partial charge in [-0.25, -0.2) is 0 Å². The van der Waals surface area contributed by atoms with E-state index in [1.165, 1.54) is 6.42 Å². The Kier molecular flexibility index (Phi) is 4.85. The van der Waals surface area contributed by atoms with Crippen LogP contribution in [0.15, 0.2) is 24.3 Å². The molecule has 0 spiro atoms. The Balaban J connectivity index is 2.18. The lowest BCUT2D eigenvalue weighted by molar-refractivity contribution is 0.0642. The second kappa shape index (κ2) is 6.18. The lowest BCUT2D eigenvalue weighted by Gasteiger charge is -2.34. The van der Waals surface area contributed by atoms with Gasteiger partial charge in [0.25, 0.3) is 5.91 Å². The molecule has 0 aromatic heterocycles. The average molecular weight is 408 g/mol. The number of hydrogen-bond donors (Lipinski definition) is 0. The second-order valence-corrected chi connectivity index (χ2v) is 6.21. The quantitative estimate of drug-likeness (QED) is 0.541. The minimum atomic E-state index is 0.174. The van der Waals surface area contributed by atoms with Crippen molar-refractivity contribution in [2.45, 2.75) is 25.3 Å². The summed E-state index contributed by atoms with van der Waals surface area (Å²) in [5.74, 6) is 0.174. The van der Waals surface area contributed by atoms with Gasteiger partial charge in [0.15, 0.2) is 0 Å². The summed E-state index contributed by atoms with van der Waals surface area (Å²) in [6, 6.07) is 8.18. The van der Waals surface area contributed by atoms with Gasteiger partial charge in [0.2, 0.25) is 0 Å². The van der Waals surface area contributed by atoms with E-state index < -0.39 is 0 Å². The Labute approximate surface area is 124 Å². The van der Waals surface area contributed by atoms with Gasteiger partial charge < -0.3 is 4.90 Å². The predicted octanol–water partition coefficient (Wildman–Crippen LogP) is 3.68. The Morgan fingerprint density at radius 2 is 2.29 bits per heavy atom. The van der Waals surface area contributed by atoms with Crippen LogP contribution < -0.4 is 0 Å². The van der Waals surface area contributed by atoms with Gasteiger partial charge in [0, 0.05) is 27.1 Å². The molecule has 1 aliphatic heterocycles. The van der Waals surface area contributed by atoms with E-state index in [0.29, 0.717) is 6.04 Å². The molecule has 1 heterocycles. The number of carbonyl (C=O) groups excluding carboxylic acids is 1. The molecule has 0 N–H and O–H groups in total. The van der Waals surface area contributed by atoms with Crippen LogP contribution in [0.1, 0.15) is 29.6 Å². The van der Waals surface area contributed by atoms with Crippen molar-refractivity contribution >= 4 is 44.4 Å². The van der Waals surface area contributed by atoms with Gasteiger partial charge in [-0.15, -0.1) is 0 Å². The number of nitrogens with zero attached hydrogens (tertiary/aromatic N) is 1. The van der Waals surface area contributed by atoms with E-state index in [-0.39, 0.29) is 5.91 Å². The smallest absolute Gasteiger partial charge is 0.254 e. The lowest BCUT2D eigenvalue weighted by Crippen LogP contribution is -2.44. The summed E-state index contributed by atoms with van der Waals surface area (Å²) < 4.78 is 1.11. The van der Waals surface area contributed by atoms with Crippen molar-refractivity contribution in [3.8, 4) is 0 Å². The van der Waals surface area contributed by atoms with Gasteiger partial charge in [-0.3, -0.25) is 4.79 Å². The molecule has 2 rings (SSSR count). The van der Waals surface area contributed by atoms with Crippen LogP contribution in [0.4, 0.5) is 0 Å². The minimum Gasteiger partial charge on any atom is -0.335 e. The number of halogens is 2. The number of rotatable bonds is 2. The number of benzene rings is 1. The zero-order chi connectivity index (χ0) is 12.3. The summed E-state index contributed by atoms with van der Waals surface area (Å²) in [5, 5.41) is 0.878. The fraction of sp³-hybridized carbons (Fsp3) is 0.462. The van der Waals surface area contributed by atoms with E-state index in [1.807, 2.05) is 29.2 Å². The monoisotopic (exact) mass is 407 g/mol. The summed E-state index contributed by atoms with van der Waals surface area (Å²) in [6.45, 7) is 0.889. The maximum Gasteiger partial charge on any atom is 0.254 e. The Morgan fingerprint density at radius 3 is 3.00 bits per heavy atom. The van der Waals surface area contributed by atoms with Crippen LogP contribution in [0.5, 0.6) is 0 Å². The molecule has 1 amide bonds. The second-order valence-electron chi connectivity index (χ2n) is 4.31. The van der Waals surface area contributed by atoms with E-state index in [1.54, 1.807) is 0 Å². The Hall–Kier alpha value is -0.100. The molecule has 1 saturated heterocycles. The molecular formula is C13H15BrINO. The first-order chi connectivity index (χ1) is 8.22. The van der Waals surface area contributed by atoms with Crippen molar-refractivity contribution in [2.24, 2.45) is 0 Å². The molecule has 1 unspecified atom stereocenters. The third-order valence-corrected chi connectivity index (χ3v) is 4.56. The first-order valence-electron chi connectivity index (χ1n) is 5.85. The fourth-order valence-corrected chi connectivity index (χ4v) is 3.43. The third-order valence-electron chi connectivity index (χ3n) is 3.14. The van der Waals surface area contributed by atoms with Crippen LogP contribution in [0, 0.1) is 3.57 Å². The van der Waals surface area contributed by atoms with Gasteiger partial charge in [0.1, 0.15) is 0 Å². The third kappa shape index (κ3) is 3.22. The van der Waals surface area contributed by atoms with Crippen LogP contribution in [-0.2, 0) is 0 Å². The van der Waals surface area contributed by atoms with E-state index in [4.69, 9.17) is 0 Å². The number of amides is 1. The topological polar surface area (TPSA) is 20.3 Å². The SMILES string of the molecule is O=C(c1cccc(I)c1)N1CCCCC1CBr. The number of alkyl halides is 1. The maximum atomic E-state index is 12.4. The van der Waals surface area contributed by atoms with Gasteiger partial charge in [-0.1, -0.05) is 22.0 Å². The molecule has 0 saturated carbocycles. The highest BCUT2D eigenvalue weighted by molar-refractivity contribution is 14.1. The Bertz CT molecular complexity index is 410. The maximum absolute atomic E-state index is 12.4. The minimum absolute atomic E-state index is 0.174.